The largest absolute Gasteiger partial charge is 0.457 e. The second kappa shape index (κ2) is 17.0. The standard InChI is InChI=1S/C48H59BFN3O2/c1-8-9-11-29-52-42-26-22-37(50)32-40(42)48(6,7)44(52)28-21-36-15-13-14-35(46(36)55-38-23-17-33(2)18-24-38)20-27-43-47(4,5)39-31-34(3)19-25-41(39)53(43)30-12-10-16-45(54)51-49/h17-28,31-32H,8-16,29-30,49H2,1-7H3/p+1. The molecule has 3 aliphatic rings. The minimum atomic E-state index is -0.346. The highest BCUT2D eigenvalue weighted by Gasteiger charge is 2.44. The van der Waals surface area contributed by atoms with Crippen molar-refractivity contribution in [2.45, 2.75) is 117 Å². The predicted octanol–water partition coefficient (Wildman–Crippen LogP) is 10.5. The zero-order valence-corrected chi connectivity index (χ0v) is 34.4. The number of rotatable bonds is 14. The first-order chi connectivity index (χ1) is 26.3. The zero-order valence-electron chi connectivity index (χ0n) is 34.4. The van der Waals surface area contributed by atoms with Gasteiger partial charge in [-0.05, 0) is 125 Å². The first-order valence-corrected chi connectivity index (χ1v) is 20.5. The average Bonchev–Trinajstić information content (AvgIpc) is 3.50. The van der Waals surface area contributed by atoms with Crippen molar-refractivity contribution in [1.29, 1.82) is 0 Å². The molecule has 0 atom stereocenters. The van der Waals surface area contributed by atoms with Gasteiger partial charge in [0.1, 0.15) is 23.9 Å². The van der Waals surface area contributed by atoms with Crippen molar-refractivity contribution in [2.75, 3.05) is 18.0 Å². The zero-order chi connectivity index (χ0) is 39.3. The van der Waals surface area contributed by atoms with Gasteiger partial charge in [-0.2, -0.15) is 4.58 Å². The second-order valence-corrected chi connectivity index (χ2v) is 16.7. The Morgan fingerprint density at radius 1 is 0.891 bits per heavy atom. The normalized spacial score (nSPS) is 18.8. The van der Waals surface area contributed by atoms with Gasteiger partial charge in [-0.3, -0.25) is 4.79 Å². The lowest BCUT2D eigenvalue weighted by atomic mass is 9.80. The molecule has 0 saturated carbocycles. The van der Waals surface area contributed by atoms with Crippen LogP contribution in [0.2, 0.25) is 0 Å². The van der Waals surface area contributed by atoms with Gasteiger partial charge in [0.2, 0.25) is 19.6 Å². The van der Waals surface area contributed by atoms with Crippen molar-refractivity contribution in [2.24, 2.45) is 0 Å². The van der Waals surface area contributed by atoms with Crippen LogP contribution in [0.15, 0.2) is 108 Å². The molecule has 5 nitrogen and oxygen atoms in total. The van der Waals surface area contributed by atoms with Crippen molar-refractivity contribution >= 4 is 31.0 Å². The smallest absolute Gasteiger partial charge is 0.217 e. The molecular weight excluding hydrogens is 680 g/mol. The summed E-state index contributed by atoms with van der Waals surface area (Å²) in [6.45, 7) is 17.3. The maximum absolute atomic E-state index is 14.6. The molecule has 7 heteroatoms. The van der Waals surface area contributed by atoms with Gasteiger partial charge in [0, 0.05) is 53.9 Å². The van der Waals surface area contributed by atoms with Crippen molar-refractivity contribution in [3.8, 4) is 5.75 Å². The van der Waals surface area contributed by atoms with Crippen molar-refractivity contribution in [3.05, 3.63) is 136 Å². The Labute approximate surface area is 330 Å². The van der Waals surface area contributed by atoms with Crippen LogP contribution in [0.1, 0.15) is 115 Å². The van der Waals surface area contributed by atoms with E-state index in [9.17, 15) is 9.18 Å². The lowest BCUT2D eigenvalue weighted by molar-refractivity contribution is -0.438. The molecule has 0 radical (unpaired) electrons. The van der Waals surface area contributed by atoms with E-state index >= 15 is 0 Å². The van der Waals surface area contributed by atoms with Crippen LogP contribution in [0, 0.1) is 19.7 Å². The Bertz CT molecular complexity index is 2070. The predicted molar refractivity (Wildman–Crippen MR) is 229 cm³/mol. The number of anilines is 1. The summed E-state index contributed by atoms with van der Waals surface area (Å²) >= 11 is 0. The van der Waals surface area contributed by atoms with Gasteiger partial charge >= 0.3 is 0 Å². The Balaban J connectivity index is 1.42. The number of benzene rings is 3. The van der Waals surface area contributed by atoms with Gasteiger partial charge in [-0.15, -0.1) is 0 Å². The fraction of sp³-hybridized carbons (Fsp3) is 0.417. The monoisotopic (exact) mass is 740 g/mol. The van der Waals surface area contributed by atoms with Crippen LogP contribution in [-0.4, -0.2) is 37.3 Å². The second-order valence-electron chi connectivity index (χ2n) is 16.7. The number of aryl methyl sites for hydroxylation is 2. The van der Waals surface area contributed by atoms with Crippen LogP contribution >= 0.6 is 0 Å². The molecule has 2 heterocycles. The molecule has 3 aromatic carbocycles. The van der Waals surface area contributed by atoms with E-state index in [1.807, 2.05) is 6.07 Å². The Morgan fingerprint density at radius 3 is 2.40 bits per heavy atom. The fourth-order valence-corrected chi connectivity index (χ4v) is 8.55. The maximum atomic E-state index is 14.6. The van der Waals surface area contributed by atoms with Crippen LogP contribution in [0.4, 0.5) is 15.8 Å². The lowest BCUT2D eigenvalue weighted by Crippen LogP contribution is -2.28. The number of carbonyl (C=O) groups excluding carboxylic acids is 1. The van der Waals surface area contributed by atoms with E-state index in [2.05, 4.69) is 130 Å². The number of ether oxygens (including phenoxy) is 1. The van der Waals surface area contributed by atoms with Crippen molar-refractivity contribution in [1.82, 2.24) is 5.23 Å². The molecule has 2 aliphatic heterocycles. The van der Waals surface area contributed by atoms with Crippen LogP contribution in [0.5, 0.6) is 5.75 Å². The summed E-state index contributed by atoms with van der Waals surface area (Å²) in [4.78, 5) is 14.4. The SMILES string of the molecule is BNC(=O)CCCC[N+]1=C(/C=C/C2=C(Oc3ccc(C)cc3)C(=C/C=C3/N(CCCCC)c4ccc(F)cc4C3(C)C)/CCC2)C(C)(C)c2cc(C)ccc21. The molecule has 1 amide bonds. The summed E-state index contributed by atoms with van der Waals surface area (Å²) < 4.78 is 24.0. The van der Waals surface area contributed by atoms with E-state index in [0.29, 0.717) is 6.42 Å². The number of unbranched alkanes of at least 4 members (excludes halogenated alkanes) is 3. The molecule has 0 unspecified atom stereocenters. The van der Waals surface area contributed by atoms with Crippen LogP contribution in [0.25, 0.3) is 0 Å². The van der Waals surface area contributed by atoms with Gasteiger partial charge in [-0.25, -0.2) is 4.39 Å². The summed E-state index contributed by atoms with van der Waals surface area (Å²) in [5.74, 6) is 1.64. The van der Waals surface area contributed by atoms with Gasteiger partial charge in [0.25, 0.3) is 0 Å². The summed E-state index contributed by atoms with van der Waals surface area (Å²) in [7, 11) is 1.70. The third-order valence-corrected chi connectivity index (χ3v) is 11.8. The van der Waals surface area contributed by atoms with Crippen LogP contribution < -0.4 is 14.9 Å². The molecule has 0 saturated heterocycles. The molecule has 0 bridgehead atoms. The van der Waals surface area contributed by atoms with E-state index in [-0.39, 0.29) is 22.6 Å². The highest BCUT2D eigenvalue weighted by Crippen LogP contribution is 2.48. The first kappa shape index (κ1) is 40.0. The summed E-state index contributed by atoms with van der Waals surface area (Å²) in [5.41, 5.74) is 11.4. The molecule has 1 aliphatic carbocycles. The topological polar surface area (TPSA) is 44.6 Å². The fourth-order valence-electron chi connectivity index (χ4n) is 8.55. The Hall–Kier alpha value is -4.65. The van der Waals surface area contributed by atoms with Crippen LogP contribution in [-0.2, 0) is 15.6 Å². The summed E-state index contributed by atoms with van der Waals surface area (Å²) in [5, 5.41) is 2.76. The highest BCUT2D eigenvalue weighted by molar-refractivity contribution is 6.14. The molecule has 0 spiro atoms. The Kier molecular flexibility index (Phi) is 12.4. The summed E-state index contributed by atoms with van der Waals surface area (Å²) in [6, 6.07) is 20.4. The summed E-state index contributed by atoms with van der Waals surface area (Å²) in [6.07, 6.45) is 17.7. The van der Waals surface area contributed by atoms with Gasteiger partial charge in [-0.1, -0.05) is 69.0 Å². The van der Waals surface area contributed by atoms with Gasteiger partial charge in [0.05, 0.1) is 5.41 Å². The molecule has 3 aromatic rings. The minimum Gasteiger partial charge on any atom is -0.457 e. The highest BCUT2D eigenvalue weighted by atomic mass is 19.1. The van der Waals surface area contributed by atoms with E-state index in [1.54, 1.807) is 20.1 Å². The quantitative estimate of drug-likeness (QED) is 0.102. The van der Waals surface area contributed by atoms with Gasteiger partial charge < -0.3 is 14.9 Å². The van der Waals surface area contributed by atoms with E-state index in [1.165, 1.54) is 44.9 Å². The van der Waals surface area contributed by atoms with E-state index in [4.69, 9.17) is 4.74 Å². The lowest BCUT2D eigenvalue weighted by Gasteiger charge is -2.27. The minimum absolute atomic E-state index is 0.0888. The number of carbonyl (C=O) groups is 1. The molecule has 288 valence electrons. The number of halogens is 1. The maximum Gasteiger partial charge on any atom is 0.217 e. The average molecular weight is 741 g/mol. The van der Waals surface area contributed by atoms with Crippen molar-refractivity contribution in [3.63, 3.8) is 0 Å². The third-order valence-electron chi connectivity index (χ3n) is 11.8. The molecular formula is C48H60BFN3O2+. The number of nitrogens with zero attached hydrogens (tertiary/aromatic N) is 2. The number of hydrogen-bond donors (Lipinski definition) is 1. The number of fused-ring (bicyclic) bond motifs is 2. The van der Waals surface area contributed by atoms with Crippen LogP contribution in [0.3, 0.4) is 0 Å². The third kappa shape index (κ3) is 8.61. The molecule has 0 aromatic heterocycles. The van der Waals surface area contributed by atoms with Gasteiger partial charge in [0.15, 0.2) is 5.71 Å². The molecule has 6 rings (SSSR count). The first-order valence-electron chi connectivity index (χ1n) is 20.5. The van der Waals surface area contributed by atoms with E-state index < -0.39 is 0 Å². The number of amides is 1. The Morgan fingerprint density at radius 2 is 1.65 bits per heavy atom. The van der Waals surface area contributed by atoms with Crippen molar-refractivity contribution < 1.29 is 18.5 Å². The van der Waals surface area contributed by atoms with E-state index in [0.717, 1.165) is 87.2 Å². The number of hydrogen-bond acceptors (Lipinski definition) is 3. The molecule has 55 heavy (non-hydrogen) atoms. The number of allylic oxidation sites excluding steroid dienone is 7. The number of nitrogens with one attached hydrogen (secondary N) is 1. The molecule has 0 fully saturated rings. The molecule has 1 N–H and O–H groups in total.